The minimum Gasteiger partial charge on any atom is -0.458 e. The Hall–Kier alpha value is -0.790. The van der Waals surface area contributed by atoms with Gasteiger partial charge >= 0.3 is 5.97 Å². The molecule has 0 saturated carbocycles. The SMILES string of the molecule is CC1=CC[C@@H]2C[C@H]1OC2=O. The number of fused-ring (bicyclic) bond motifs is 2. The molecule has 1 aliphatic heterocycles. The predicted octanol–water partition coefficient (Wildman–Crippen LogP) is 1.27. The van der Waals surface area contributed by atoms with E-state index in [2.05, 4.69) is 6.08 Å². The molecule has 2 aliphatic rings. The van der Waals surface area contributed by atoms with E-state index in [4.69, 9.17) is 4.74 Å². The van der Waals surface area contributed by atoms with Crippen molar-refractivity contribution in [3.05, 3.63) is 11.6 Å². The van der Waals surface area contributed by atoms with Crippen LogP contribution in [0.5, 0.6) is 0 Å². The van der Waals surface area contributed by atoms with Gasteiger partial charge in [-0.1, -0.05) is 6.08 Å². The largest absolute Gasteiger partial charge is 0.458 e. The van der Waals surface area contributed by atoms with E-state index in [0.29, 0.717) is 0 Å². The monoisotopic (exact) mass is 138 g/mol. The molecular formula is C8H10O2. The summed E-state index contributed by atoms with van der Waals surface area (Å²) in [5.41, 5.74) is 1.22. The highest BCUT2D eigenvalue weighted by Crippen LogP contribution is 2.33. The van der Waals surface area contributed by atoms with Crippen LogP contribution in [0.1, 0.15) is 19.8 Å². The van der Waals surface area contributed by atoms with Gasteiger partial charge < -0.3 is 4.74 Å². The molecule has 0 spiro atoms. The van der Waals surface area contributed by atoms with Gasteiger partial charge in [-0.2, -0.15) is 0 Å². The lowest BCUT2D eigenvalue weighted by molar-refractivity contribution is -0.142. The molecule has 0 aromatic carbocycles. The Balaban J connectivity index is 2.27. The fraction of sp³-hybridized carbons (Fsp3) is 0.625. The molecule has 2 bridgehead atoms. The smallest absolute Gasteiger partial charge is 0.310 e. The Morgan fingerprint density at radius 1 is 1.70 bits per heavy atom. The molecule has 0 unspecified atom stereocenters. The molecule has 0 amide bonds. The van der Waals surface area contributed by atoms with Crippen LogP contribution < -0.4 is 0 Å². The Labute approximate surface area is 59.9 Å². The maximum absolute atomic E-state index is 10.9. The van der Waals surface area contributed by atoms with E-state index in [1.165, 1.54) is 5.57 Å². The average molecular weight is 138 g/mol. The molecule has 1 saturated heterocycles. The van der Waals surface area contributed by atoms with E-state index in [1.807, 2.05) is 6.92 Å². The normalized spacial score (nSPS) is 37.3. The van der Waals surface area contributed by atoms with Crippen LogP contribution in [0.2, 0.25) is 0 Å². The van der Waals surface area contributed by atoms with Gasteiger partial charge in [0.25, 0.3) is 0 Å². The van der Waals surface area contributed by atoms with E-state index in [9.17, 15) is 4.79 Å². The molecule has 2 heteroatoms. The molecule has 0 aromatic rings. The first kappa shape index (κ1) is 5.96. The topological polar surface area (TPSA) is 26.3 Å². The van der Waals surface area contributed by atoms with Crippen molar-refractivity contribution in [2.24, 2.45) is 5.92 Å². The molecule has 0 radical (unpaired) electrons. The van der Waals surface area contributed by atoms with Gasteiger partial charge in [0.2, 0.25) is 0 Å². The maximum atomic E-state index is 10.9. The second-order valence-electron chi connectivity index (χ2n) is 3.04. The molecule has 2 nitrogen and oxygen atoms in total. The number of esters is 1. The van der Waals surface area contributed by atoms with Crippen molar-refractivity contribution in [1.82, 2.24) is 0 Å². The summed E-state index contributed by atoms with van der Waals surface area (Å²) < 4.78 is 5.09. The molecule has 10 heavy (non-hydrogen) atoms. The summed E-state index contributed by atoms with van der Waals surface area (Å²) in [5.74, 6) is 0.173. The average Bonchev–Trinajstić information content (AvgIpc) is 2.21. The Kier molecular flexibility index (Phi) is 1.10. The summed E-state index contributed by atoms with van der Waals surface area (Å²) in [4.78, 5) is 10.9. The van der Waals surface area contributed by atoms with Crippen LogP contribution in [0, 0.1) is 5.92 Å². The third-order valence-corrected chi connectivity index (χ3v) is 2.32. The fourth-order valence-corrected chi connectivity index (χ4v) is 1.57. The van der Waals surface area contributed by atoms with E-state index in [-0.39, 0.29) is 18.0 Å². The molecule has 54 valence electrons. The molecule has 1 aliphatic carbocycles. The summed E-state index contributed by atoms with van der Waals surface area (Å²) in [7, 11) is 0. The molecule has 1 fully saturated rings. The van der Waals surface area contributed by atoms with Gasteiger partial charge in [0, 0.05) is 6.42 Å². The summed E-state index contributed by atoms with van der Waals surface area (Å²) >= 11 is 0. The third kappa shape index (κ3) is 0.681. The van der Waals surface area contributed by atoms with Crippen molar-refractivity contribution >= 4 is 5.97 Å². The van der Waals surface area contributed by atoms with Gasteiger partial charge in [-0.15, -0.1) is 0 Å². The lowest BCUT2D eigenvalue weighted by atomic mass is 9.91. The van der Waals surface area contributed by atoms with E-state index < -0.39 is 0 Å². The van der Waals surface area contributed by atoms with Crippen molar-refractivity contribution in [3.8, 4) is 0 Å². The van der Waals surface area contributed by atoms with Crippen LogP contribution in [0.15, 0.2) is 11.6 Å². The quantitative estimate of drug-likeness (QED) is 0.372. The zero-order chi connectivity index (χ0) is 7.14. The van der Waals surface area contributed by atoms with Crippen LogP contribution in [-0.2, 0) is 9.53 Å². The second-order valence-corrected chi connectivity index (χ2v) is 3.04. The van der Waals surface area contributed by atoms with Crippen molar-refractivity contribution in [3.63, 3.8) is 0 Å². The molecular weight excluding hydrogens is 128 g/mol. The molecule has 0 N–H and O–H groups in total. The van der Waals surface area contributed by atoms with Crippen molar-refractivity contribution in [2.45, 2.75) is 25.9 Å². The zero-order valence-electron chi connectivity index (χ0n) is 5.96. The van der Waals surface area contributed by atoms with Crippen LogP contribution >= 0.6 is 0 Å². The van der Waals surface area contributed by atoms with Crippen molar-refractivity contribution in [2.75, 3.05) is 0 Å². The van der Waals surface area contributed by atoms with Crippen LogP contribution in [0.25, 0.3) is 0 Å². The van der Waals surface area contributed by atoms with Crippen LogP contribution in [0.3, 0.4) is 0 Å². The number of allylic oxidation sites excluding steroid dienone is 1. The third-order valence-electron chi connectivity index (χ3n) is 2.32. The first-order chi connectivity index (χ1) is 4.77. The Bertz CT molecular complexity index is 205. The Morgan fingerprint density at radius 2 is 2.50 bits per heavy atom. The molecule has 2 rings (SSSR count). The van der Waals surface area contributed by atoms with Crippen molar-refractivity contribution < 1.29 is 9.53 Å². The van der Waals surface area contributed by atoms with Crippen LogP contribution in [-0.4, -0.2) is 12.1 Å². The van der Waals surface area contributed by atoms with E-state index in [1.54, 1.807) is 0 Å². The molecule has 2 atom stereocenters. The number of hydrogen-bond donors (Lipinski definition) is 0. The van der Waals surface area contributed by atoms with Gasteiger partial charge in [0.15, 0.2) is 0 Å². The standard InChI is InChI=1S/C8H10O2/c1-5-2-3-6-4-7(5)10-8(6)9/h2,6-7H,3-4H2,1H3/t6-,7-/m1/s1. The minimum atomic E-state index is -0.00176. The number of carbonyl (C=O) groups is 1. The van der Waals surface area contributed by atoms with Gasteiger partial charge in [-0.25, -0.2) is 0 Å². The number of carbonyl (C=O) groups excluding carboxylic acids is 1. The lowest BCUT2D eigenvalue weighted by Gasteiger charge is -2.12. The van der Waals surface area contributed by atoms with Gasteiger partial charge in [0.1, 0.15) is 6.10 Å². The zero-order valence-corrected chi connectivity index (χ0v) is 5.96. The summed E-state index contributed by atoms with van der Waals surface area (Å²) in [6, 6.07) is 0. The summed E-state index contributed by atoms with van der Waals surface area (Å²) in [5, 5.41) is 0. The predicted molar refractivity (Wildman–Crippen MR) is 36.4 cm³/mol. The first-order valence-corrected chi connectivity index (χ1v) is 3.64. The highest BCUT2D eigenvalue weighted by atomic mass is 16.6. The number of ether oxygens (including phenoxy) is 1. The summed E-state index contributed by atoms with van der Waals surface area (Å²) in [6.07, 6.45) is 4.04. The summed E-state index contributed by atoms with van der Waals surface area (Å²) in [6.45, 7) is 2.03. The first-order valence-electron chi connectivity index (χ1n) is 3.64. The molecule has 1 heterocycles. The van der Waals surface area contributed by atoms with Crippen LogP contribution in [0.4, 0.5) is 0 Å². The van der Waals surface area contributed by atoms with Crippen molar-refractivity contribution in [1.29, 1.82) is 0 Å². The fourth-order valence-electron chi connectivity index (χ4n) is 1.57. The van der Waals surface area contributed by atoms with Gasteiger partial charge in [-0.3, -0.25) is 4.79 Å². The van der Waals surface area contributed by atoms with E-state index >= 15 is 0 Å². The number of hydrogen-bond acceptors (Lipinski definition) is 2. The highest BCUT2D eigenvalue weighted by Gasteiger charge is 2.37. The highest BCUT2D eigenvalue weighted by molar-refractivity contribution is 5.76. The van der Waals surface area contributed by atoms with Gasteiger partial charge in [0.05, 0.1) is 5.92 Å². The lowest BCUT2D eigenvalue weighted by Crippen LogP contribution is -2.10. The molecule has 0 aromatic heterocycles. The maximum Gasteiger partial charge on any atom is 0.310 e. The van der Waals surface area contributed by atoms with E-state index in [0.717, 1.165) is 12.8 Å². The second kappa shape index (κ2) is 1.84. The Morgan fingerprint density at radius 3 is 3.20 bits per heavy atom. The number of rotatable bonds is 0. The van der Waals surface area contributed by atoms with Gasteiger partial charge in [-0.05, 0) is 18.9 Å². The minimum absolute atomic E-state index is 0.00176.